The van der Waals surface area contributed by atoms with Gasteiger partial charge in [0, 0.05) is 5.69 Å². The Hall–Kier alpha value is -2.69. The third-order valence-corrected chi connectivity index (χ3v) is 2.95. The van der Waals surface area contributed by atoms with Gasteiger partial charge in [-0.2, -0.15) is 0 Å². The number of anilines is 1. The Labute approximate surface area is 122 Å². The predicted octanol–water partition coefficient (Wildman–Crippen LogP) is 2.50. The van der Waals surface area contributed by atoms with Crippen LogP contribution in [0.15, 0.2) is 48.5 Å². The van der Waals surface area contributed by atoms with Gasteiger partial charge in [-0.05, 0) is 30.7 Å². The van der Waals surface area contributed by atoms with Crippen LogP contribution < -0.4 is 10.6 Å². The Balaban J connectivity index is 1.91. The maximum Gasteiger partial charge on any atom is 0.254 e. The number of rotatable bonds is 4. The summed E-state index contributed by atoms with van der Waals surface area (Å²) in [6.45, 7) is 1.65. The summed E-state index contributed by atoms with van der Waals surface area (Å²) >= 11 is 0. The number of hydrogen-bond donors (Lipinski definition) is 2. The molecular weight excluding hydrogens is 271 g/mol. The van der Waals surface area contributed by atoms with Gasteiger partial charge in [-0.3, -0.25) is 9.59 Å². The highest BCUT2D eigenvalue weighted by molar-refractivity contribution is 5.99. The van der Waals surface area contributed by atoms with E-state index in [4.69, 9.17) is 0 Å². The lowest BCUT2D eigenvalue weighted by Gasteiger charge is -2.09. The SMILES string of the molecule is Cc1ccccc1NC(=O)CNC(=O)c1ccccc1F. The Bertz CT molecular complexity index is 671. The van der Waals surface area contributed by atoms with E-state index in [1.54, 1.807) is 18.2 Å². The minimum atomic E-state index is -0.618. The molecule has 0 atom stereocenters. The first-order valence-corrected chi connectivity index (χ1v) is 6.46. The van der Waals surface area contributed by atoms with E-state index in [-0.39, 0.29) is 18.0 Å². The van der Waals surface area contributed by atoms with Crippen molar-refractivity contribution in [2.75, 3.05) is 11.9 Å². The van der Waals surface area contributed by atoms with E-state index in [1.165, 1.54) is 18.2 Å². The Kier molecular flexibility index (Phi) is 4.66. The van der Waals surface area contributed by atoms with Crippen molar-refractivity contribution in [1.29, 1.82) is 0 Å². The molecule has 2 N–H and O–H groups in total. The van der Waals surface area contributed by atoms with Crippen molar-refractivity contribution in [2.45, 2.75) is 6.92 Å². The van der Waals surface area contributed by atoms with E-state index in [1.807, 2.05) is 19.1 Å². The average molecular weight is 286 g/mol. The largest absolute Gasteiger partial charge is 0.343 e. The molecule has 0 aliphatic rings. The summed E-state index contributed by atoms with van der Waals surface area (Å²) in [6.07, 6.45) is 0. The first-order chi connectivity index (χ1) is 10.1. The highest BCUT2D eigenvalue weighted by atomic mass is 19.1. The molecule has 2 rings (SSSR count). The van der Waals surface area contributed by atoms with Gasteiger partial charge in [-0.1, -0.05) is 30.3 Å². The zero-order chi connectivity index (χ0) is 15.2. The normalized spacial score (nSPS) is 10.0. The molecule has 0 aliphatic heterocycles. The maximum absolute atomic E-state index is 13.4. The lowest BCUT2D eigenvalue weighted by atomic mass is 10.2. The molecule has 0 fully saturated rings. The van der Waals surface area contributed by atoms with Crippen molar-refractivity contribution in [3.05, 3.63) is 65.5 Å². The molecule has 0 aromatic heterocycles. The van der Waals surface area contributed by atoms with Crippen molar-refractivity contribution in [3.8, 4) is 0 Å². The van der Waals surface area contributed by atoms with Crippen LogP contribution in [0.5, 0.6) is 0 Å². The standard InChI is InChI=1S/C16H15FN2O2/c1-11-6-2-5-9-14(11)19-15(20)10-18-16(21)12-7-3-4-8-13(12)17/h2-9H,10H2,1H3,(H,18,21)(H,19,20). The summed E-state index contributed by atoms with van der Waals surface area (Å²) in [6, 6.07) is 12.9. The van der Waals surface area contributed by atoms with Gasteiger partial charge in [0.2, 0.25) is 5.91 Å². The second-order valence-electron chi connectivity index (χ2n) is 4.53. The van der Waals surface area contributed by atoms with E-state index in [0.717, 1.165) is 5.56 Å². The predicted molar refractivity (Wildman–Crippen MR) is 78.5 cm³/mol. The number of carbonyl (C=O) groups is 2. The average Bonchev–Trinajstić information content (AvgIpc) is 2.48. The first kappa shape index (κ1) is 14.7. The molecule has 0 bridgehead atoms. The number of amides is 2. The highest BCUT2D eigenvalue weighted by Gasteiger charge is 2.12. The van der Waals surface area contributed by atoms with Crippen LogP contribution in [-0.4, -0.2) is 18.4 Å². The molecular formula is C16H15FN2O2. The van der Waals surface area contributed by atoms with Crippen molar-refractivity contribution in [3.63, 3.8) is 0 Å². The van der Waals surface area contributed by atoms with Crippen molar-refractivity contribution in [1.82, 2.24) is 5.32 Å². The molecule has 0 unspecified atom stereocenters. The summed E-state index contributed by atoms with van der Waals surface area (Å²) in [7, 11) is 0. The molecule has 5 heteroatoms. The number of nitrogens with one attached hydrogen (secondary N) is 2. The fourth-order valence-electron chi connectivity index (χ4n) is 1.81. The molecule has 0 aliphatic carbocycles. The molecule has 2 amide bonds. The van der Waals surface area contributed by atoms with Gasteiger partial charge in [0.25, 0.3) is 5.91 Å². The van der Waals surface area contributed by atoms with Gasteiger partial charge in [0.15, 0.2) is 0 Å². The van der Waals surface area contributed by atoms with Gasteiger partial charge in [-0.15, -0.1) is 0 Å². The number of halogens is 1. The van der Waals surface area contributed by atoms with E-state index in [9.17, 15) is 14.0 Å². The molecule has 0 radical (unpaired) electrons. The number of hydrogen-bond acceptors (Lipinski definition) is 2. The maximum atomic E-state index is 13.4. The molecule has 0 saturated carbocycles. The number of benzene rings is 2. The van der Waals surface area contributed by atoms with Crippen molar-refractivity contribution < 1.29 is 14.0 Å². The van der Waals surface area contributed by atoms with Crippen LogP contribution in [0.1, 0.15) is 15.9 Å². The third kappa shape index (κ3) is 3.89. The molecule has 4 nitrogen and oxygen atoms in total. The molecule has 0 spiro atoms. The van der Waals surface area contributed by atoms with Crippen LogP contribution in [0.4, 0.5) is 10.1 Å². The minimum absolute atomic E-state index is 0.0822. The summed E-state index contributed by atoms with van der Waals surface area (Å²) in [5, 5.41) is 5.07. The zero-order valence-corrected chi connectivity index (χ0v) is 11.5. The van der Waals surface area contributed by atoms with E-state index < -0.39 is 11.7 Å². The first-order valence-electron chi connectivity index (χ1n) is 6.46. The van der Waals surface area contributed by atoms with Crippen LogP contribution in [0.25, 0.3) is 0 Å². The van der Waals surface area contributed by atoms with E-state index in [2.05, 4.69) is 10.6 Å². The molecule has 0 heterocycles. The van der Waals surface area contributed by atoms with Crippen LogP contribution in [0.2, 0.25) is 0 Å². The molecule has 21 heavy (non-hydrogen) atoms. The topological polar surface area (TPSA) is 58.2 Å². The molecule has 2 aromatic carbocycles. The number of aryl methyl sites for hydroxylation is 1. The van der Waals surface area contributed by atoms with Crippen LogP contribution in [-0.2, 0) is 4.79 Å². The highest BCUT2D eigenvalue weighted by Crippen LogP contribution is 2.12. The summed E-state index contributed by atoms with van der Waals surface area (Å²) in [4.78, 5) is 23.5. The second kappa shape index (κ2) is 6.65. The fraction of sp³-hybridized carbons (Fsp3) is 0.125. The number of para-hydroxylation sites is 1. The minimum Gasteiger partial charge on any atom is -0.343 e. The molecule has 0 saturated heterocycles. The van der Waals surface area contributed by atoms with Crippen LogP contribution in [0, 0.1) is 12.7 Å². The van der Waals surface area contributed by atoms with Crippen molar-refractivity contribution >= 4 is 17.5 Å². The quantitative estimate of drug-likeness (QED) is 0.907. The Morgan fingerprint density at radius 3 is 2.43 bits per heavy atom. The van der Waals surface area contributed by atoms with Gasteiger partial charge < -0.3 is 10.6 Å². The fourth-order valence-corrected chi connectivity index (χ4v) is 1.81. The monoisotopic (exact) mass is 286 g/mol. The summed E-state index contributed by atoms with van der Waals surface area (Å²) in [5.41, 5.74) is 1.52. The summed E-state index contributed by atoms with van der Waals surface area (Å²) < 4.78 is 13.4. The van der Waals surface area contributed by atoms with Crippen molar-refractivity contribution in [2.24, 2.45) is 0 Å². The molecule has 108 valence electrons. The van der Waals surface area contributed by atoms with Gasteiger partial charge in [0.05, 0.1) is 12.1 Å². The Morgan fingerprint density at radius 1 is 1.05 bits per heavy atom. The van der Waals surface area contributed by atoms with Gasteiger partial charge in [0.1, 0.15) is 5.82 Å². The zero-order valence-electron chi connectivity index (χ0n) is 11.5. The molecule has 2 aromatic rings. The van der Waals surface area contributed by atoms with Gasteiger partial charge >= 0.3 is 0 Å². The van der Waals surface area contributed by atoms with Crippen LogP contribution in [0.3, 0.4) is 0 Å². The lowest BCUT2D eigenvalue weighted by molar-refractivity contribution is -0.115. The van der Waals surface area contributed by atoms with Gasteiger partial charge in [-0.25, -0.2) is 4.39 Å². The second-order valence-corrected chi connectivity index (χ2v) is 4.53. The smallest absolute Gasteiger partial charge is 0.254 e. The van der Waals surface area contributed by atoms with E-state index in [0.29, 0.717) is 5.69 Å². The third-order valence-electron chi connectivity index (χ3n) is 2.95. The van der Waals surface area contributed by atoms with Crippen LogP contribution >= 0.6 is 0 Å². The summed E-state index contributed by atoms with van der Waals surface area (Å²) in [5.74, 6) is -1.60. The number of carbonyl (C=O) groups excluding carboxylic acids is 2. The van der Waals surface area contributed by atoms with E-state index >= 15 is 0 Å². The Morgan fingerprint density at radius 2 is 1.71 bits per heavy atom. The lowest BCUT2D eigenvalue weighted by Crippen LogP contribution is -2.33.